The number of carbonyl (C=O) groups is 2. The van der Waals surface area contributed by atoms with Crippen LogP contribution in [0.1, 0.15) is 19.4 Å². The zero-order valence-electron chi connectivity index (χ0n) is 10.4. The van der Waals surface area contributed by atoms with Crippen LogP contribution in [0, 0.1) is 6.92 Å². The average Bonchev–Trinajstić information content (AvgIpc) is 2.51. The van der Waals surface area contributed by atoms with Crippen LogP contribution in [0.15, 0.2) is 29.3 Å². The number of aryl methyl sites for hydroxylation is 1. The third-order valence-corrected chi connectivity index (χ3v) is 3.28. The molecule has 2 amide bonds. The van der Waals surface area contributed by atoms with Crippen molar-refractivity contribution in [2.24, 2.45) is 0 Å². The molecule has 0 unspecified atom stereocenters. The molecule has 0 bridgehead atoms. The summed E-state index contributed by atoms with van der Waals surface area (Å²) in [5.74, 6) is -0.645. The lowest BCUT2D eigenvalue weighted by molar-refractivity contribution is -0.135. The first-order chi connectivity index (χ1) is 8.41. The number of amides is 2. The number of hydrazine groups is 1. The maximum absolute atomic E-state index is 11.9. The van der Waals surface area contributed by atoms with Gasteiger partial charge >= 0.3 is 0 Å². The van der Waals surface area contributed by atoms with Crippen LogP contribution in [-0.4, -0.2) is 16.8 Å². The third kappa shape index (κ3) is 1.99. The van der Waals surface area contributed by atoms with Crippen LogP contribution in [0.4, 0.5) is 5.69 Å². The van der Waals surface area contributed by atoms with Gasteiger partial charge in [0.2, 0.25) is 0 Å². The second kappa shape index (κ2) is 4.46. The summed E-state index contributed by atoms with van der Waals surface area (Å²) < 4.78 is 0. The Morgan fingerprint density at radius 2 is 1.61 bits per heavy atom. The van der Waals surface area contributed by atoms with Crippen molar-refractivity contribution in [2.75, 3.05) is 5.43 Å². The minimum absolute atomic E-state index is 0.322. The SMILES string of the molecule is CC1=C(C)C(=O)N(Nc2cc(Cl)ccc2C)C1=O. The van der Waals surface area contributed by atoms with Crippen molar-refractivity contribution in [1.82, 2.24) is 5.01 Å². The van der Waals surface area contributed by atoms with Crippen LogP contribution < -0.4 is 5.43 Å². The van der Waals surface area contributed by atoms with Gasteiger partial charge in [-0.25, -0.2) is 0 Å². The van der Waals surface area contributed by atoms with Gasteiger partial charge in [0.25, 0.3) is 11.8 Å². The van der Waals surface area contributed by atoms with E-state index in [0.717, 1.165) is 10.6 Å². The van der Waals surface area contributed by atoms with Gasteiger partial charge < -0.3 is 0 Å². The van der Waals surface area contributed by atoms with Gasteiger partial charge in [-0.3, -0.25) is 15.0 Å². The molecule has 1 aromatic rings. The zero-order valence-corrected chi connectivity index (χ0v) is 11.1. The first kappa shape index (κ1) is 12.6. The van der Waals surface area contributed by atoms with Crippen LogP contribution in [0.25, 0.3) is 0 Å². The minimum Gasteiger partial charge on any atom is -0.288 e. The van der Waals surface area contributed by atoms with Crippen molar-refractivity contribution in [1.29, 1.82) is 0 Å². The summed E-state index contributed by atoms with van der Waals surface area (Å²) in [6, 6.07) is 5.26. The smallest absolute Gasteiger partial charge is 0.275 e. The molecule has 0 aliphatic carbocycles. The fourth-order valence-corrected chi connectivity index (χ4v) is 1.86. The lowest BCUT2D eigenvalue weighted by Crippen LogP contribution is -2.37. The summed E-state index contributed by atoms with van der Waals surface area (Å²) in [4.78, 5) is 23.8. The highest BCUT2D eigenvalue weighted by Gasteiger charge is 2.33. The summed E-state index contributed by atoms with van der Waals surface area (Å²) in [7, 11) is 0. The first-order valence-corrected chi connectivity index (χ1v) is 5.88. The molecular formula is C13H13ClN2O2. The normalized spacial score (nSPS) is 15.7. The number of carbonyl (C=O) groups excluding carboxylic acids is 2. The molecule has 0 saturated heterocycles. The lowest BCUT2D eigenvalue weighted by atomic mass is 10.2. The fraction of sp³-hybridized carbons (Fsp3) is 0.231. The molecule has 1 N–H and O–H groups in total. The minimum atomic E-state index is -0.322. The Labute approximate surface area is 110 Å². The van der Waals surface area contributed by atoms with Crippen molar-refractivity contribution in [3.63, 3.8) is 0 Å². The standard InChI is InChI=1S/C13H13ClN2O2/c1-7-4-5-10(14)6-11(7)15-16-12(17)8(2)9(3)13(16)18/h4-6,15H,1-3H3. The highest BCUT2D eigenvalue weighted by molar-refractivity contribution is 6.31. The molecular weight excluding hydrogens is 252 g/mol. The number of hydrogen-bond donors (Lipinski definition) is 1. The number of benzene rings is 1. The van der Waals surface area contributed by atoms with E-state index in [0.29, 0.717) is 21.9 Å². The van der Waals surface area contributed by atoms with Gasteiger partial charge in [0.15, 0.2) is 0 Å². The largest absolute Gasteiger partial charge is 0.288 e. The number of imide groups is 1. The van der Waals surface area contributed by atoms with Gasteiger partial charge in [0.1, 0.15) is 0 Å². The predicted molar refractivity (Wildman–Crippen MR) is 70.0 cm³/mol. The fourth-order valence-electron chi connectivity index (χ4n) is 1.69. The van der Waals surface area contributed by atoms with Crippen molar-refractivity contribution in [2.45, 2.75) is 20.8 Å². The predicted octanol–water partition coefficient (Wildman–Crippen LogP) is 2.68. The maximum atomic E-state index is 11.9. The third-order valence-electron chi connectivity index (χ3n) is 3.04. The summed E-state index contributed by atoms with van der Waals surface area (Å²) in [5, 5.41) is 1.56. The molecule has 1 aliphatic heterocycles. The second-order valence-electron chi connectivity index (χ2n) is 4.27. The molecule has 0 aromatic heterocycles. The van der Waals surface area contributed by atoms with Gasteiger partial charge in [-0.2, -0.15) is 5.01 Å². The second-order valence-corrected chi connectivity index (χ2v) is 4.70. The van der Waals surface area contributed by atoms with E-state index < -0.39 is 0 Å². The van der Waals surface area contributed by atoms with Crippen molar-refractivity contribution in [3.8, 4) is 0 Å². The molecule has 0 saturated carbocycles. The number of rotatable bonds is 2. The Morgan fingerprint density at radius 3 is 2.17 bits per heavy atom. The number of nitrogens with one attached hydrogen (secondary N) is 1. The van der Waals surface area contributed by atoms with E-state index >= 15 is 0 Å². The molecule has 0 radical (unpaired) electrons. The monoisotopic (exact) mass is 264 g/mol. The summed E-state index contributed by atoms with van der Waals surface area (Å²) >= 11 is 5.89. The highest BCUT2D eigenvalue weighted by atomic mass is 35.5. The van der Waals surface area contributed by atoms with E-state index in [1.165, 1.54) is 0 Å². The Morgan fingerprint density at radius 1 is 1.06 bits per heavy atom. The molecule has 2 rings (SSSR count). The summed E-state index contributed by atoms with van der Waals surface area (Å²) in [6.07, 6.45) is 0. The highest BCUT2D eigenvalue weighted by Crippen LogP contribution is 2.24. The van der Waals surface area contributed by atoms with E-state index in [1.807, 2.05) is 13.0 Å². The van der Waals surface area contributed by atoms with Crippen LogP contribution in [0.5, 0.6) is 0 Å². The Bertz CT molecular complexity index is 554. The lowest BCUT2D eigenvalue weighted by Gasteiger charge is -2.19. The Balaban J connectivity index is 2.29. The molecule has 1 heterocycles. The molecule has 1 aromatic carbocycles. The number of anilines is 1. The molecule has 0 spiro atoms. The number of hydrogen-bond acceptors (Lipinski definition) is 3. The molecule has 18 heavy (non-hydrogen) atoms. The summed E-state index contributed by atoms with van der Waals surface area (Å²) in [5.41, 5.74) is 5.30. The number of halogens is 1. The van der Waals surface area contributed by atoms with Gasteiger partial charge in [-0.15, -0.1) is 0 Å². The Kier molecular flexibility index (Phi) is 3.13. The average molecular weight is 265 g/mol. The molecule has 0 fully saturated rings. The van der Waals surface area contributed by atoms with Crippen LogP contribution in [0.3, 0.4) is 0 Å². The van der Waals surface area contributed by atoms with Gasteiger partial charge in [0.05, 0.1) is 5.69 Å². The van der Waals surface area contributed by atoms with Crippen LogP contribution >= 0.6 is 11.6 Å². The Hall–Kier alpha value is -1.81. The van der Waals surface area contributed by atoms with Crippen LogP contribution in [-0.2, 0) is 9.59 Å². The van der Waals surface area contributed by atoms with Gasteiger partial charge in [0, 0.05) is 16.2 Å². The van der Waals surface area contributed by atoms with E-state index in [1.54, 1.807) is 26.0 Å². The van der Waals surface area contributed by atoms with E-state index in [2.05, 4.69) is 5.43 Å². The van der Waals surface area contributed by atoms with E-state index in [-0.39, 0.29) is 11.8 Å². The molecule has 94 valence electrons. The maximum Gasteiger partial charge on any atom is 0.275 e. The van der Waals surface area contributed by atoms with Crippen molar-refractivity contribution < 1.29 is 9.59 Å². The topological polar surface area (TPSA) is 49.4 Å². The summed E-state index contributed by atoms with van der Waals surface area (Å²) in [6.45, 7) is 5.15. The molecule has 4 nitrogen and oxygen atoms in total. The number of nitrogens with zero attached hydrogens (tertiary/aromatic N) is 1. The molecule has 5 heteroatoms. The van der Waals surface area contributed by atoms with Crippen LogP contribution in [0.2, 0.25) is 5.02 Å². The van der Waals surface area contributed by atoms with Crippen molar-refractivity contribution >= 4 is 29.1 Å². The molecule has 0 atom stereocenters. The van der Waals surface area contributed by atoms with E-state index in [9.17, 15) is 9.59 Å². The zero-order chi connectivity index (χ0) is 13.4. The first-order valence-electron chi connectivity index (χ1n) is 5.51. The van der Waals surface area contributed by atoms with Gasteiger partial charge in [-0.05, 0) is 38.5 Å². The quantitative estimate of drug-likeness (QED) is 0.836. The van der Waals surface area contributed by atoms with Gasteiger partial charge in [-0.1, -0.05) is 17.7 Å². The molecule has 1 aliphatic rings. The van der Waals surface area contributed by atoms with Crippen molar-refractivity contribution in [3.05, 3.63) is 39.9 Å². The van der Waals surface area contributed by atoms with E-state index in [4.69, 9.17) is 11.6 Å².